The van der Waals surface area contributed by atoms with Gasteiger partial charge in [-0.1, -0.05) is 0 Å². The molecule has 98 valence electrons. The largest absolute Gasteiger partial charge is 0.473 e. The van der Waals surface area contributed by atoms with Gasteiger partial charge in [0.25, 0.3) is 0 Å². The molecule has 6 nitrogen and oxygen atoms in total. The number of hydrogen-bond donors (Lipinski definition) is 2. The molecule has 0 saturated carbocycles. The van der Waals surface area contributed by atoms with Gasteiger partial charge in [-0.05, 0) is 6.92 Å². The van der Waals surface area contributed by atoms with Crippen LogP contribution in [-0.4, -0.2) is 38.1 Å². The zero-order valence-corrected chi connectivity index (χ0v) is 11.4. The molecule has 0 aliphatic rings. The zero-order valence-electron chi connectivity index (χ0n) is 9.81. The summed E-state index contributed by atoms with van der Waals surface area (Å²) in [5.41, 5.74) is 0. The zero-order chi connectivity index (χ0) is 12.8. The number of aliphatic hydroxyl groups is 1. The Morgan fingerprint density at radius 3 is 3.11 bits per heavy atom. The molecule has 2 aromatic rings. The van der Waals surface area contributed by atoms with Crippen LogP contribution in [0.15, 0.2) is 17.8 Å². The minimum absolute atomic E-state index is 0.126. The summed E-state index contributed by atoms with van der Waals surface area (Å²) in [4.78, 5) is 4.21. The van der Waals surface area contributed by atoms with Gasteiger partial charge in [0.05, 0.1) is 17.8 Å². The average molecular weight is 286 g/mol. The van der Waals surface area contributed by atoms with Crippen molar-refractivity contribution in [2.45, 2.75) is 19.1 Å². The van der Waals surface area contributed by atoms with E-state index in [2.05, 4.69) is 19.0 Å². The van der Waals surface area contributed by atoms with Crippen molar-refractivity contribution in [2.75, 3.05) is 13.2 Å². The average Bonchev–Trinajstić information content (AvgIpc) is 3.05. The van der Waals surface area contributed by atoms with E-state index >= 15 is 0 Å². The van der Waals surface area contributed by atoms with Crippen molar-refractivity contribution < 1.29 is 9.84 Å². The molecule has 18 heavy (non-hydrogen) atoms. The van der Waals surface area contributed by atoms with Gasteiger partial charge in [-0.25, -0.2) is 4.98 Å². The molecule has 0 fully saturated rings. The summed E-state index contributed by atoms with van der Waals surface area (Å²) in [5.74, 6) is 0.451. The first-order chi connectivity index (χ1) is 8.75. The first kappa shape index (κ1) is 13.3. The van der Waals surface area contributed by atoms with Crippen LogP contribution in [0, 0.1) is 0 Å². The molecule has 8 heteroatoms. The molecule has 0 bridgehead atoms. The first-order valence-electron chi connectivity index (χ1n) is 5.47. The fourth-order valence-corrected chi connectivity index (χ4v) is 2.34. The summed E-state index contributed by atoms with van der Waals surface area (Å²) in [6, 6.07) is 0.126. The van der Waals surface area contributed by atoms with Crippen LogP contribution in [0.4, 0.5) is 0 Å². The fraction of sp³-hybridized carbons (Fsp3) is 0.500. The number of rotatable bonds is 7. The molecule has 0 aliphatic heterocycles. The Bertz CT molecular complexity index is 435. The molecule has 0 amide bonds. The third-order valence-electron chi connectivity index (χ3n) is 2.25. The quantitative estimate of drug-likeness (QED) is 0.793. The molecule has 2 rings (SSSR count). The molecule has 2 atom stereocenters. The molecular weight excluding hydrogens is 272 g/mol. The van der Waals surface area contributed by atoms with Gasteiger partial charge < -0.3 is 15.2 Å². The van der Waals surface area contributed by atoms with Crippen molar-refractivity contribution >= 4 is 23.1 Å². The third-order valence-corrected chi connectivity index (χ3v) is 3.67. The van der Waals surface area contributed by atoms with E-state index in [0.29, 0.717) is 12.4 Å². The highest BCUT2D eigenvalue weighted by molar-refractivity contribution is 7.09. The minimum atomic E-state index is -0.589. The summed E-state index contributed by atoms with van der Waals surface area (Å²) in [6.45, 7) is 2.65. The number of aliphatic hydroxyl groups excluding tert-OH is 1. The van der Waals surface area contributed by atoms with E-state index in [1.54, 1.807) is 17.5 Å². The smallest absolute Gasteiger partial charge is 0.245 e. The van der Waals surface area contributed by atoms with Gasteiger partial charge in [-0.3, -0.25) is 0 Å². The van der Waals surface area contributed by atoms with Gasteiger partial charge in [0.1, 0.15) is 23.9 Å². The van der Waals surface area contributed by atoms with Crippen LogP contribution in [0.2, 0.25) is 0 Å². The highest BCUT2D eigenvalue weighted by Crippen LogP contribution is 2.14. The molecule has 2 aromatic heterocycles. The lowest BCUT2D eigenvalue weighted by Crippen LogP contribution is -2.33. The SMILES string of the molecule is CC(NCC(O)COc1cnsn1)c1nccs1. The second-order valence-electron chi connectivity index (χ2n) is 3.71. The molecule has 2 N–H and O–H groups in total. The second kappa shape index (κ2) is 6.74. The Balaban J connectivity index is 1.67. The molecular formula is C10H14N4O2S2. The predicted molar refractivity (Wildman–Crippen MR) is 69.9 cm³/mol. The summed E-state index contributed by atoms with van der Waals surface area (Å²) in [6.07, 6.45) is 2.71. The van der Waals surface area contributed by atoms with E-state index in [-0.39, 0.29) is 12.6 Å². The maximum Gasteiger partial charge on any atom is 0.245 e. The predicted octanol–water partition coefficient (Wildman–Crippen LogP) is 1.09. The standard InChI is InChI=1S/C10H14N4O2S2/c1-7(10-11-2-3-17-10)12-4-8(15)6-16-9-5-13-18-14-9/h2-3,5,7-8,12,15H,4,6H2,1H3. The van der Waals surface area contributed by atoms with Crippen molar-refractivity contribution in [3.63, 3.8) is 0 Å². The number of hydrogen-bond acceptors (Lipinski definition) is 8. The molecule has 0 radical (unpaired) electrons. The lowest BCUT2D eigenvalue weighted by molar-refractivity contribution is 0.102. The molecule has 2 heterocycles. The Labute approximate surface area is 113 Å². The summed E-state index contributed by atoms with van der Waals surface area (Å²) >= 11 is 2.67. The highest BCUT2D eigenvalue weighted by atomic mass is 32.1. The van der Waals surface area contributed by atoms with Gasteiger partial charge in [-0.2, -0.15) is 4.37 Å². The summed E-state index contributed by atoms with van der Waals surface area (Å²) in [7, 11) is 0. The van der Waals surface area contributed by atoms with Crippen LogP contribution in [0.3, 0.4) is 0 Å². The van der Waals surface area contributed by atoms with Crippen molar-refractivity contribution in [3.05, 3.63) is 22.8 Å². The number of nitrogens with zero attached hydrogens (tertiary/aromatic N) is 3. The number of thiazole rings is 1. The van der Waals surface area contributed by atoms with E-state index < -0.39 is 6.10 Å². The Morgan fingerprint density at radius 1 is 1.56 bits per heavy atom. The Morgan fingerprint density at radius 2 is 2.44 bits per heavy atom. The molecule has 0 saturated heterocycles. The molecule has 2 unspecified atom stereocenters. The number of nitrogens with one attached hydrogen (secondary N) is 1. The normalized spacial score (nSPS) is 14.3. The van der Waals surface area contributed by atoms with Gasteiger partial charge in [0.15, 0.2) is 0 Å². The van der Waals surface area contributed by atoms with E-state index in [0.717, 1.165) is 16.7 Å². The van der Waals surface area contributed by atoms with Crippen molar-refractivity contribution in [1.82, 2.24) is 19.0 Å². The number of ether oxygens (including phenoxy) is 1. The molecule has 0 spiro atoms. The van der Waals surface area contributed by atoms with Crippen LogP contribution in [0.25, 0.3) is 0 Å². The fourth-order valence-electron chi connectivity index (χ4n) is 1.31. The molecule has 0 aromatic carbocycles. The van der Waals surface area contributed by atoms with E-state index in [9.17, 15) is 5.11 Å². The van der Waals surface area contributed by atoms with E-state index in [1.165, 1.54) is 6.20 Å². The van der Waals surface area contributed by atoms with Crippen LogP contribution in [0.5, 0.6) is 5.88 Å². The number of aromatic nitrogens is 3. The van der Waals surface area contributed by atoms with Crippen LogP contribution >= 0.6 is 23.1 Å². The van der Waals surface area contributed by atoms with Gasteiger partial charge in [-0.15, -0.1) is 15.7 Å². The molecule has 0 aliphatic carbocycles. The third kappa shape index (κ3) is 3.98. The van der Waals surface area contributed by atoms with Gasteiger partial charge in [0.2, 0.25) is 5.88 Å². The topological polar surface area (TPSA) is 80.2 Å². The maximum atomic E-state index is 9.75. The van der Waals surface area contributed by atoms with Gasteiger partial charge >= 0.3 is 0 Å². The van der Waals surface area contributed by atoms with Gasteiger partial charge in [0, 0.05) is 18.1 Å². The van der Waals surface area contributed by atoms with E-state index in [4.69, 9.17) is 4.74 Å². The summed E-state index contributed by atoms with van der Waals surface area (Å²) in [5, 5.41) is 15.9. The Kier molecular flexibility index (Phi) is 5.00. The van der Waals surface area contributed by atoms with Crippen LogP contribution in [-0.2, 0) is 0 Å². The second-order valence-corrected chi connectivity index (χ2v) is 5.19. The monoisotopic (exact) mass is 286 g/mol. The van der Waals surface area contributed by atoms with Crippen LogP contribution in [0.1, 0.15) is 18.0 Å². The summed E-state index contributed by atoms with van der Waals surface area (Å²) < 4.78 is 13.0. The highest BCUT2D eigenvalue weighted by Gasteiger charge is 2.11. The van der Waals surface area contributed by atoms with Crippen LogP contribution < -0.4 is 10.1 Å². The lowest BCUT2D eigenvalue weighted by Gasteiger charge is -2.15. The minimum Gasteiger partial charge on any atom is -0.473 e. The maximum absolute atomic E-state index is 9.75. The first-order valence-corrected chi connectivity index (χ1v) is 7.08. The van der Waals surface area contributed by atoms with Crippen molar-refractivity contribution in [1.29, 1.82) is 0 Å². The lowest BCUT2D eigenvalue weighted by atomic mass is 10.3. The van der Waals surface area contributed by atoms with Crippen molar-refractivity contribution in [2.24, 2.45) is 0 Å². The van der Waals surface area contributed by atoms with Crippen molar-refractivity contribution in [3.8, 4) is 5.88 Å². The van der Waals surface area contributed by atoms with E-state index in [1.807, 2.05) is 12.3 Å². The Hall–Kier alpha value is -1.09.